The number of carboxylic acid groups (broad SMARTS) is 1. The summed E-state index contributed by atoms with van der Waals surface area (Å²) in [6.07, 6.45) is 3.02. The maximum absolute atomic E-state index is 12.2. The van der Waals surface area contributed by atoms with Gasteiger partial charge in [0.15, 0.2) is 0 Å². The highest BCUT2D eigenvalue weighted by molar-refractivity contribution is 9.10. The van der Waals surface area contributed by atoms with Gasteiger partial charge < -0.3 is 15.0 Å². The molecule has 2 rings (SSSR count). The van der Waals surface area contributed by atoms with E-state index in [1.807, 2.05) is 0 Å². The van der Waals surface area contributed by atoms with E-state index in [1.165, 1.54) is 0 Å². The number of hydrogen-bond donors (Lipinski definition) is 2. The Labute approximate surface area is 113 Å². The molecule has 0 radical (unpaired) electrons. The number of rotatable bonds is 2. The van der Waals surface area contributed by atoms with Crippen LogP contribution < -0.4 is 0 Å². The molecular formula is C12H15BrN2O3. The zero-order valence-electron chi connectivity index (χ0n) is 10.1. The minimum absolute atomic E-state index is 0.145. The van der Waals surface area contributed by atoms with E-state index in [4.69, 9.17) is 0 Å². The molecule has 0 bridgehead atoms. The molecule has 2 N–H and O–H groups in total. The predicted octanol–water partition coefficient (Wildman–Crippen LogP) is 2.10. The molecule has 1 atom stereocenters. The SMILES string of the molecule is CC1(C(=O)O)CCCN(C(=O)c2cc(Br)c[nH]2)C1. The average molecular weight is 315 g/mol. The molecule has 0 saturated carbocycles. The highest BCUT2D eigenvalue weighted by Gasteiger charge is 2.39. The number of nitrogens with zero attached hydrogens (tertiary/aromatic N) is 1. The van der Waals surface area contributed by atoms with Crippen LogP contribution in [-0.4, -0.2) is 40.0 Å². The van der Waals surface area contributed by atoms with Crippen LogP contribution >= 0.6 is 15.9 Å². The Balaban J connectivity index is 2.14. The second-order valence-electron chi connectivity index (χ2n) is 4.93. The van der Waals surface area contributed by atoms with Crippen molar-refractivity contribution < 1.29 is 14.7 Å². The first kappa shape index (κ1) is 13.1. The van der Waals surface area contributed by atoms with Crippen LogP contribution in [0.5, 0.6) is 0 Å². The number of carboxylic acids is 1. The quantitative estimate of drug-likeness (QED) is 0.878. The molecule has 6 heteroatoms. The molecule has 1 saturated heterocycles. The van der Waals surface area contributed by atoms with Gasteiger partial charge in [0.2, 0.25) is 0 Å². The fourth-order valence-electron chi connectivity index (χ4n) is 2.25. The van der Waals surface area contributed by atoms with Crippen LogP contribution in [0.15, 0.2) is 16.7 Å². The van der Waals surface area contributed by atoms with Crippen molar-refractivity contribution in [1.82, 2.24) is 9.88 Å². The fourth-order valence-corrected chi connectivity index (χ4v) is 2.59. The highest BCUT2D eigenvalue weighted by Crippen LogP contribution is 2.30. The van der Waals surface area contributed by atoms with Gasteiger partial charge in [-0.1, -0.05) is 0 Å². The lowest BCUT2D eigenvalue weighted by atomic mass is 9.82. The Hall–Kier alpha value is -1.30. The van der Waals surface area contributed by atoms with Crippen LogP contribution in [0.4, 0.5) is 0 Å². The van der Waals surface area contributed by atoms with Gasteiger partial charge in [-0.05, 0) is 41.8 Å². The number of amides is 1. The third kappa shape index (κ3) is 2.43. The van der Waals surface area contributed by atoms with Gasteiger partial charge in [0.05, 0.1) is 5.41 Å². The van der Waals surface area contributed by atoms with E-state index in [-0.39, 0.29) is 12.5 Å². The summed E-state index contributed by atoms with van der Waals surface area (Å²) in [5, 5.41) is 9.22. The van der Waals surface area contributed by atoms with Gasteiger partial charge in [-0.2, -0.15) is 0 Å². The number of carbonyl (C=O) groups is 2. The number of aliphatic carboxylic acids is 1. The summed E-state index contributed by atoms with van der Waals surface area (Å²) in [7, 11) is 0. The van der Waals surface area contributed by atoms with Crippen molar-refractivity contribution >= 4 is 27.8 Å². The number of carbonyl (C=O) groups excluding carboxylic acids is 1. The van der Waals surface area contributed by atoms with E-state index in [9.17, 15) is 14.7 Å². The van der Waals surface area contributed by atoms with E-state index in [0.29, 0.717) is 18.7 Å². The molecule has 2 heterocycles. The Kier molecular flexibility index (Phi) is 3.47. The molecule has 1 aliphatic rings. The molecule has 0 aliphatic carbocycles. The van der Waals surface area contributed by atoms with Gasteiger partial charge in [0.25, 0.3) is 5.91 Å². The molecule has 5 nitrogen and oxygen atoms in total. The van der Waals surface area contributed by atoms with Gasteiger partial charge in [-0.25, -0.2) is 0 Å². The second-order valence-corrected chi connectivity index (χ2v) is 5.84. The van der Waals surface area contributed by atoms with Crippen LogP contribution in [0.2, 0.25) is 0 Å². The lowest BCUT2D eigenvalue weighted by molar-refractivity contribution is -0.150. The first-order chi connectivity index (χ1) is 8.42. The Bertz CT molecular complexity index is 485. The summed E-state index contributed by atoms with van der Waals surface area (Å²) in [5.74, 6) is -0.986. The summed E-state index contributed by atoms with van der Waals surface area (Å²) >= 11 is 3.27. The van der Waals surface area contributed by atoms with Gasteiger partial charge in [-0.3, -0.25) is 9.59 Å². The summed E-state index contributed by atoms with van der Waals surface area (Å²) in [5.41, 5.74) is -0.353. The standard InChI is InChI=1S/C12H15BrN2O3/c1-12(11(17)18)3-2-4-15(7-12)10(16)9-5-8(13)6-14-9/h5-6,14H,2-4,7H2,1H3,(H,17,18). The smallest absolute Gasteiger partial charge is 0.311 e. The minimum atomic E-state index is -0.840. The van der Waals surface area contributed by atoms with Crippen LogP contribution in [0, 0.1) is 5.41 Å². The van der Waals surface area contributed by atoms with Gasteiger partial charge in [0, 0.05) is 23.8 Å². The Morgan fingerprint density at radius 3 is 2.83 bits per heavy atom. The first-order valence-corrected chi connectivity index (χ1v) is 6.58. The van der Waals surface area contributed by atoms with Crippen LogP contribution in [0.3, 0.4) is 0 Å². The predicted molar refractivity (Wildman–Crippen MR) is 69.4 cm³/mol. The first-order valence-electron chi connectivity index (χ1n) is 5.79. The molecule has 1 aromatic heterocycles. The third-order valence-corrected chi connectivity index (χ3v) is 3.84. The van der Waals surface area contributed by atoms with Gasteiger partial charge in [-0.15, -0.1) is 0 Å². The normalized spacial score (nSPS) is 24.0. The third-order valence-electron chi connectivity index (χ3n) is 3.38. The highest BCUT2D eigenvalue weighted by atomic mass is 79.9. The average Bonchev–Trinajstić information content (AvgIpc) is 2.75. The van der Waals surface area contributed by atoms with E-state index in [2.05, 4.69) is 20.9 Å². The molecule has 1 aliphatic heterocycles. The summed E-state index contributed by atoms with van der Waals surface area (Å²) in [4.78, 5) is 27.9. The van der Waals surface area contributed by atoms with Crippen molar-refractivity contribution in [3.05, 3.63) is 22.4 Å². The zero-order chi connectivity index (χ0) is 13.3. The largest absolute Gasteiger partial charge is 0.481 e. The molecule has 1 aromatic rings. The molecule has 1 unspecified atom stereocenters. The van der Waals surface area contributed by atoms with Crippen molar-refractivity contribution in [3.8, 4) is 0 Å². The number of aromatic nitrogens is 1. The summed E-state index contributed by atoms with van der Waals surface area (Å²) in [6, 6.07) is 1.70. The van der Waals surface area contributed by atoms with Gasteiger partial charge in [0.1, 0.15) is 5.69 Å². The molecular weight excluding hydrogens is 300 g/mol. The minimum Gasteiger partial charge on any atom is -0.481 e. The summed E-state index contributed by atoms with van der Waals surface area (Å²) in [6.45, 7) is 2.57. The van der Waals surface area contributed by atoms with E-state index in [1.54, 1.807) is 24.1 Å². The molecule has 98 valence electrons. The molecule has 0 spiro atoms. The Morgan fingerprint density at radius 1 is 1.56 bits per heavy atom. The number of aromatic amines is 1. The van der Waals surface area contributed by atoms with E-state index < -0.39 is 11.4 Å². The molecule has 18 heavy (non-hydrogen) atoms. The molecule has 0 aromatic carbocycles. The lowest BCUT2D eigenvalue weighted by Crippen LogP contribution is -2.48. The lowest BCUT2D eigenvalue weighted by Gasteiger charge is -2.37. The number of hydrogen-bond acceptors (Lipinski definition) is 2. The topological polar surface area (TPSA) is 73.4 Å². The van der Waals surface area contributed by atoms with Crippen molar-refractivity contribution in [2.24, 2.45) is 5.41 Å². The van der Waals surface area contributed by atoms with E-state index in [0.717, 1.165) is 10.9 Å². The van der Waals surface area contributed by atoms with Crippen molar-refractivity contribution in [2.75, 3.05) is 13.1 Å². The molecule has 1 fully saturated rings. The number of likely N-dealkylation sites (tertiary alicyclic amines) is 1. The maximum atomic E-state index is 12.2. The fraction of sp³-hybridized carbons (Fsp3) is 0.500. The maximum Gasteiger partial charge on any atom is 0.311 e. The van der Waals surface area contributed by atoms with Crippen molar-refractivity contribution in [3.63, 3.8) is 0 Å². The van der Waals surface area contributed by atoms with Crippen LogP contribution in [-0.2, 0) is 4.79 Å². The Morgan fingerprint density at radius 2 is 2.28 bits per heavy atom. The number of H-pyrrole nitrogens is 1. The van der Waals surface area contributed by atoms with Crippen LogP contribution in [0.25, 0.3) is 0 Å². The number of halogens is 1. The number of nitrogens with one attached hydrogen (secondary N) is 1. The summed E-state index contributed by atoms with van der Waals surface area (Å²) < 4.78 is 0.809. The second kappa shape index (κ2) is 4.76. The van der Waals surface area contributed by atoms with Crippen LogP contribution in [0.1, 0.15) is 30.3 Å². The monoisotopic (exact) mass is 314 g/mol. The molecule has 1 amide bonds. The van der Waals surface area contributed by atoms with E-state index >= 15 is 0 Å². The zero-order valence-corrected chi connectivity index (χ0v) is 11.7. The number of piperidine rings is 1. The van der Waals surface area contributed by atoms with Crippen molar-refractivity contribution in [1.29, 1.82) is 0 Å². The van der Waals surface area contributed by atoms with Gasteiger partial charge >= 0.3 is 5.97 Å². The van der Waals surface area contributed by atoms with Crippen molar-refractivity contribution in [2.45, 2.75) is 19.8 Å².